The SMILES string of the molecule is Cc1cccc(-c2nnc(-c3ccc(C(=O)NCC(=O)NC(C)C)cc3)o2)c1. The van der Waals surface area contributed by atoms with E-state index in [1.807, 2.05) is 45.0 Å². The Morgan fingerprint density at radius 2 is 1.68 bits per heavy atom. The van der Waals surface area contributed by atoms with Crippen molar-refractivity contribution in [2.24, 2.45) is 0 Å². The smallest absolute Gasteiger partial charge is 0.251 e. The number of carbonyl (C=O) groups is 2. The summed E-state index contributed by atoms with van der Waals surface area (Å²) in [5.74, 6) is 0.266. The van der Waals surface area contributed by atoms with Gasteiger partial charge in [0.1, 0.15) is 0 Å². The molecule has 0 unspecified atom stereocenters. The van der Waals surface area contributed by atoms with E-state index in [2.05, 4.69) is 20.8 Å². The Kier molecular flexibility index (Phi) is 5.84. The fourth-order valence-corrected chi connectivity index (χ4v) is 2.63. The molecule has 0 aliphatic carbocycles. The number of amides is 2. The van der Waals surface area contributed by atoms with E-state index in [4.69, 9.17) is 4.42 Å². The van der Waals surface area contributed by atoms with E-state index in [-0.39, 0.29) is 24.4 Å². The van der Waals surface area contributed by atoms with Crippen molar-refractivity contribution < 1.29 is 14.0 Å². The van der Waals surface area contributed by atoms with Gasteiger partial charge in [0.2, 0.25) is 17.7 Å². The molecular formula is C21H22N4O3. The number of nitrogens with one attached hydrogen (secondary N) is 2. The molecule has 0 saturated carbocycles. The van der Waals surface area contributed by atoms with Gasteiger partial charge in [-0.2, -0.15) is 0 Å². The molecule has 2 amide bonds. The van der Waals surface area contributed by atoms with Crippen molar-refractivity contribution >= 4 is 11.8 Å². The number of aromatic nitrogens is 2. The van der Waals surface area contributed by atoms with Crippen LogP contribution in [0.4, 0.5) is 0 Å². The summed E-state index contributed by atoms with van der Waals surface area (Å²) >= 11 is 0. The Bertz CT molecular complexity index is 977. The van der Waals surface area contributed by atoms with Crippen LogP contribution in [0.3, 0.4) is 0 Å². The second-order valence-corrected chi connectivity index (χ2v) is 6.76. The normalized spacial score (nSPS) is 10.7. The molecule has 1 heterocycles. The summed E-state index contributed by atoms with van der Waals surface area (Å²) in [4.78, 5) is 23.8. The molecular weight excluding hydrogens is 356 g/mol. The standard InChI is InChI=1S/C21H22N4O3/c1-13(2)23-18(26)12-22-19(27)15-7-9-16(10-8-15)20-24-25-21(28-20)17-6-4-5-14(3)11-17/h4-11,13H,12H2,1-3H3,(H,22,27)(H,23,26). The lowest BCUT2D eigenvalue weighted by atomic mass is 10.1. The van der Waals surface area contributed by atoms with Crippen LogP contribution in [0.2, 0.25) is 0 Å². The van der Waals surface area contributed by atoms with Gasteiger partial charge in [-0.3, -0.25) is 9.59 Å². The minimum atomic E-state index is -0.323. The monoisotopic (exact) mass is 378 g/mol. The molecule has 0 radical (unpaired) electrons. The summed E-state index contributed by atoms with van der Waals surface area (Å²) in [6.45, 7) is 5.65. The molecule has 0 aliphatic heterocycles. The van der Waals surface area contributed by atoms with Crippen LogP contribution in [0.15, 0.2) is 52.9 Å². The van der Waals surface area contributed by atoms with E-state index in [1.165, 1.54) is 0 Å². The topological polar surface area (TPSA) is 97.1 Å². The summed E-state index contributed by atoms with van der Waals surface area (Å²) in [6.07, 6.45) is 0. The van der Waals surface area contributed by atoms with Crippen molar-refractivity contribution in [2.45, 2.75) is 26.8 Å². The second-order valence-electron chi connectivity index (χ2n) is 6.76. The highest BCUT2D eigenvalue weighted by molar-refractivity contribution is 5.96. The Morgan fingerprint density at radius 3 is 2.32 bits per heavy atom. The summed E-state index contributed by atoms with van der Waals surface area (Å²) < 4.78 is 5.75. The largest absolute Gasteiger partial charge is 0.416 e. The van der Waals surface area contributed by atoms with Crippen LogP contribution in [0.25, 0.3) is 22.9 Å². The predicted molar refractivity (Wildman–Crippen MR) is 106 cm³/mol. The van der Waals surface area contributed by atoms with Crippen molar-refractivity contribution in [2.75, 3.05) is 6.54 Å². The highest BCUT2D eigenvalue weighted by Crippen LogP contribution is 2.24. The molecule has 3 rings (SSSR count). The molecule has 0 saturated heterocycles. The number of carbonyl (C=O) groups excluding carboxylic acids is 2. The highest BCUT2D eigenvalue weighted by atomic mass is 16.4. The summed E-state index contributed by atoms with van der Waals surface area (Å²) in [7, 11) is 0. The maximum absolute atomic E-state index is 12.2. The van der Waals surface area contributed by atoms with Gasteiger partial charge in [-0.25, -0.2) is 0 Å². The van der Waals surface area contributed by atoms with Gasteiger partial charge >= 0.3 is 0 Å². The number of hydrogen-bond donors (Lipinski definition) is 2. The summed E-state index contributed by atoms with van der Waals surface area (Å²) in [6, 6.07) is 14.6. The molecule has 1 aromatic heterocycles. The fourth-order valence-electron chi connectivity index (χ4n) is 2.63. The fraction of sp³-hybridized carbons (Fsp3) is 0.238. The number of hydrogen-bond acceptors (Lipinski definition) is 5. The average molecular weight is 378 g/mol. The zero-order valence-corrected chi connectivity index (χ0v) is 16.0. The Balaban J connectivity index is 1.66. The van der Waals surface area contributed by atoms with Crippen LogP contribution in [-0.2, 0) is 4.79 Å². The molecule has 7 heteroatoms. The van der Waals surface area contributed by atoms with Crippen LogP contribution in [-0.4, -0.2) is 34.6 Å². The predicted octanol–water partition coefficient (Wildman–Crippen LogP) is 2.97. The Morgan fingerprint density at radius 1 is 1.00 bits per heavy atom. The Hall–Kier alpha value is -3.48. The third kappa shape index (κ3) is 4.82. The molecule has 3 aromatic rings. The first-order chi connectivity index (χ1) is 13.4. The first-order valence-electron chi connectivity index (χ1n) is 9.01. The number of aryl methyl sites for hydroxylation is 1. The van der Waals surface area contributed by atoms with Gasteiger partial charge in [0.15, 0.2) is 0 Å². The molecule has 144 valence electrons. The lowest BCUT2D eigenvalue weighted by molar-refractivity contribution is -0.120. The third-order valence-corrected chi connectivity index (χ3v) is 3.94. The maximum atomic E-state index is 12.2. The molecule has 0 aliphatic rings. The van der Waals surface area contributed by atoms with E-state index < -0.39 is 0 Å². The highest BCUT2D eigenvalue weighted by Gasteiger charge is 2.13. The van der Waals surface area contributed by atoms with Gasteiger partial charge in [0.05, 0.1) is 6.54 Å². The van der Waals surface area contributed by atoms with Gasteiger partial charge < -0.3 is 15.1 Å². The van der Waals surface area contributed by atoms with Crippen molar-refractivity contribution in [1.29, 1.82) is 0 Å². The van der Waals surface area contributed by atoms with E-state index >= 15 is 0 Å². The van der Waals surface area contributed by atoms with Gasteiger partial charge in [0.25, 0.3) is 5.91 Å². The van der Waals surface area contributed by atoms with Crippen molar-refractivity contribution in [3.63, 3.8) is 0 Å². The molecule has 0 bridgehead atoms. The van der Waals surface area contributed by atoms with Crippen molar-refractivity contribution in [3.05, 3.63) is 59.7 Å². The van der Waals surface area contributed by atoms with Crippen LogP contribution < -0.4 is 10.6 Å². The number of rotatable bonds is 6. The second kappa shape index (κ2) is 8.47. The van der Waals surface area contributed by atoms with Gasteiger partial charge in [-0.1, -0.05) is 17.7 Å². The minimum absolute atomic E-state index is 0.0304. The number of nitrogens with zero attached hydrogens (tertiary/aromatic N) is 2. The van der Waals surface area contributed by atoms with Crippen LogP contribution in [0.5, 0.6) is 0 Å². The first kappa shape index (κ1) is 19.3. The zero-order chi connectivity index (χ0) is 20.1. The first-order valence-corrected chi connectivity index (χ1v) is 9.01. The van der Waals surface area contributed by atoms with Gasteiger partial charge in [-0.05, 0) is 57.2 Å². The van der Waals surface area contributed by atoms with E-state index in [9.17, 15) is 9.59 Å². The maximum Gasteiger partial charge on any atom is 0.251 e. The summed E-state index contributed by atoms with van der Waals surface area (Å²) in [5, 5.41) is 13.5. The van der Waals surface area contributed by atoms with Crippen molar-refractivity contribution in [1.82, 2.24) is 20.8 Å². The van der Waals surface area contributed by atoms with Gasteiger partial charge in [-0.15, -0.1) is 10.2 Å². The zero-order valence-electron chi connectivity index (χ0n) is 16.0. The average Bonchev–Trinajstić information content (AvgIpc) is 3.16. The molecule has 7 nitrogen and oxygen atoms in total. The quantitative estimate of drug-likeness (QED) is 0.687. The molecule has 2 N–H and O–H groups in total. The van der Waals surface area contributed by atoms with E-state index in [1.54, 1.807) is 24.3 Å². The third-order valence-electron chi connectivity index (χ3n) is 3.94. The summed E-state index contributed by atoms with van der Waals surface area (Å²) in [5.41, 5.74) is 3.11. The van der Waals surface area contributed by atoms with Crippen LogP contribution in [0, 0.1) is 6.92 Å². The van der Waals surface area contributed by atoms with Crippen LogP contribution >= 0.6 is 0 Å². The number of benzene rings is 2. The van der Waals surface area contributed by atoms with Gasteiger partial charge in [0, 0.05) is 22.7 Å². The van der Waals surface area contributed by atoms with Crippen molar-refractivity contribution in [3.8, 4) is 22.9 Å². The van der Waals surface area contributed by atoms with E-state index in [0.717, 1.165) is 11.1 Å². The molecule has 0 spiro atoms. The van der Waals surface area contributed by atoms with Crippen LogP contribution in [0.1, 0.15) is 29.8 Å². The lowest BCUT2D eigenvalue weighted by Gasteiger charge is -2.09. The lowest BCUT2D eigenvalue weighted by Crippen LogP contribution is -2.39. The molecule has 0 fully saturated rings. The van der Waals surface area contributed by atoms with E-state index in [0.29, 0.717) is 22.9 Å². The Labute approximate surface area is 163 Å². The molecule has 2 aromatic carbocycles. The molecule has 0 atom stereocenters. The minimum Gasteiger partial charge on any atom is -0.416 e. The molecule has 28 heavy (non-hydrogen) atoms.